The smallest absolute Gasteiger partial charge is 0.308 e. The predicted octanol–water partition coefficient (Wildman–Crippen LogP) is 21.9. The van der Waals surface area contributed by atoms with Crippen molar-refractivity contribution in [1.29, 1.82) is 5.26 Å². The predicted molar refractivity (Wildman–Crippen MR) is 371 cm³/mol. The number of hydrogen-bond acceptors (Lipinski definition) is 5. The Morgan fingerprint density at radius 3 is 0.926 bits per heavy atom. The van der Waals surface area contributed by atoms with Crippen LogP contribution < -0.4 is 0 Å². The van der Waals surface area contributed by atoms with Crippen molar-refractivity contribution in [3.8, 4) is 118 Å². The zero-order valence-electron chi connectivity index (χ0n) is 50.0. The van der Waals surface area contributed by atoms with Crippen LogP contribution in [0.5, 0.6) is 0 Å². The van der Waals surface area contributed by atoms with Crippen LogP contribution in [0.3, 0.4) is 0 Å². The van der Waals surface area contributed by atoms with Gasteiger partial charge in [0.25, 0.3) is 0 Å². The van der Waals surface area contributed by atoms with Crippen molar-refractivity contribution < 1.29 is 13.2 Å². The second-order valence-electron chi connectivity index (χ2n) is 23.0. The summed E-state index contributed by atoms with van der Waals surface area (Å²) in [5, 5.41) is 15.6. The van der Waals surface area contributed by atoms with E-state index in [9.17, 15) is 5.26 Å². The number of benzene rings is 10. The summed E-state index contributed by atoms with van der Waals surface area (Å²) < 4.78 is 49.6. The first-order valence-corrected chi connectivity index (χ1v) is 30.6. The highest BCUT2D eigenvalue weighted by Gasteiger charge is 2.32. The van der Waals surface area contributed by atoms with E-state index in [1.54, 1.807) is 36.9 Å². The fourth-order valence-electron chi connectivity index (χ4n) is 13.3. The number of pyridine rings is 4. The lowest BCUT2D eigenvalue weighted by Gasteiger charge is -2.19. The van der Waals surface area contributed by atoms with Crippen LogP contribution in [0.25, 0.3) is 160 Å². The molecule has 0 aliphatic rings. The number of rotatable bonds is 11. The molecule has 0 aliphatic carbocycles. The van der Waals surface area contributed by atoms with Gasteiger partial charge in [0, 0.05) is 96.4 Å². The molecule has 0 bridgehead atoms. The molecule has 0 spiro atoms. The molecule has 0 saturated heterocycles. The van der Waals surface area contributed by atoms with Crippen LogP contribution in [-0.2, 0) is 6.18 Å². The van der Waals surface area contributed by atoms with Crippen molar-refractivity contribution in [3.63, 3.8) is 0 Å². The summed E-state index contributed by atoms with van der Waals surface area (Å²) in [5.74, 6) is 0. The molecule has 16 aromatic rings. The fraction of sp³-hybridized carbons (Fsp3) is 0.0120. The van der Waals surface area contributed by atoms with Gasteiger partial charge in [0.15, 0.2) is 5.69 Å². The maximum absolute atomic E-state index is 15.2. The summed E-state index contributed by atoms with van der Waals surface area (Å²) in [7, 11) is 0. The van der Waals surface area contributed by atoms with Crippen molar-refractivity contribution in [3.05, 3.63) is 320 Å². The Bertz CT molecular complexity index is 5160. The molecule has 0 N–H and O–H groups in total. The van der Waals surface area contributed by atoms with Gasteiger partial charge in [-0.1, -0.05) is 170 Å². The van der Waals surface area contributed by atoms with Gasteiger partial charge >= 0.3 is 6.18 Å². The second-order valence-corrected chi connectivity index (χ2v) is 23.0. The van der Waals surface area contributed by atoms with E-state index >= 15 is 13.2 Å². The number of nitrogens with zero attached hydrogens (tertiary/aromatic N) is 8. The summed E-state index contributed by atoms with van der Waals surface area (Å²) in [6, 6.07) is 91.0. The van der Waals surface area contributed by atoms with Crippen molar-refractivity contribution in [2.24, 2.45) is 0 Å². The molecule has 0 unspecified atom stereocenters. The lowest BCUT2D eigenvalue weighted by atomic mass is 9.96. The molecule has 16 rings (SSSR count). The maximum Gasteiger partial charge on any atom is 0.415 e. The monoisotopic (exact) mass is 1210 g/mol. The SMILES string of the molecule is [C-]#[N+]c1cc(-c2cc(-n3c4ccc(-c5cccnc5-c5ccccc5)cc4c4cc(-c5cccnc5-c5ccccc5)ccc43)c(C#N)c(-n3c4ccc(-c5cccnc5-c5ccccc5)cc4c4cc(-c5cccnc5-c5ccccc5)ccc43)c2)cc(C(F)(F)F)c1. The lowest BCUT2D eigenvalue weighted by Crippen LogP contribution is -2.06. The van der Waals surface area contributed by atoms with Crippen molar-refractivity contribution in [2.75, 3.05) is 0 Å². The number of aromatic nitrogens is 6. The zero-order chi connectivity index (χ0) is 63.4. The maximum atomic E-state index is 15.2. The molecule has 442 valence electrons. The third kappa shape index (κ3) is 9.89. The van der Waals surface area contributed by atoms with Gasteiger partial charge in [-0.2, -0.15) is 18.4 Å². The van der Waals surface area contributed by atoms with Gasteiger partial charge in [0.05, 0.1) is 62.8 Å². The fourth-order valence-corrected chi connectivity index (χ4v) is 13.3. The molecule has 6 aromatic heterocycles. The molecule has 8 nitrogen and oxygen atoms in total. The zero-order valence-corrected chi connectivity index (χ0v) is 50.0. The first kappa shape index (κ1) is 56.4. The van der Waals surface area contributed by atoms with Crippen LogP contribution in [0.15, 0.2) is 298 Å². The molecule has 0 saturated carbocycles. The minimum absolute atomic E-state index is 0.147. The van der Waals surface area contributed by atoms with Crippen LogP contribution in [0.2, 0.25) is 0 Å². The number of fused-ring (bicyclic) bond motifs is 6. The first-order chi connectivity index (χ1) is 46.2. The molecule has 94 heavy (non-hydrogen) atoms. The largest absolute Gasteiger partial charge is 0.415 e. The van der Waals surface area contributed by atoms with Gasteiger partial charge in [-0.05, 0) is 137 Å². The Hall–Kier alpha value is -12.8. The topological polar surface area (TPSA) is 89.6 Å². The molecule has 0 radical (unpaired) electrons. The van der Waals surface area contributed by atoms with Gasteiger partial charge < -0.3 is 9.13 Å². The van der Waals surface area contributed by atoms with E-state index in [0.29, 0.717) is 16.9 Å². The van der Waals surface area contributed by atoms with Gasteiger partial charge in [-0.25, -0.2) is 4.85 Å². The van der Waals surface area contributed by atoms with Gasteiger partial charge in [-0.15, -0.1) is 0 Å². The molecule has 0 amide bonds. The van der Waals surface area contributed by atoms with Crippen LogP contribution in [-0.4, -0.2) is 29.1 Å². The Balaban J connectivity index is 1.00. The number of alkyl halides is 3. The van der Waals surface area contributed by atoms with Crippen LogP contribution >= 0.6 is 0 Å². The number of halogens is 3. The van der Waals surface area contributed by atoms with E-state index in [0.717, 1.165) is 145 Å². The summed E-state index contributed by atoms with van der Waals surface area (Å²) in [6.45, 7) is 8.10. The van der Waals surface area contributed by atoms with Gasteiger partial charge in [0.2, 0.25) is 0 Å². The molecule has 6 heterocycles. The van der Waals surface area contributed by atoms with Crippen LogP contribution in [0.1, 0.15) is 11.1 Å². The first-order valence-electron chi connectivity index (χ1n) is 30.6. The summed E-state index contributed by atoms with van der Waals surface area (Å²) >= 11 is 0. The quantitative estimate of drug-likeness (QED) is 0.120. The Morgan fingerprint density at radius 1 is 0.330 bits per heavy atom. The van der Waals surface area contributed by atoms with Crippen molar-refractivity contribution in [2.45, 2.75) is 6.18 Å². The highest BCUT2D eigenvalue weighted by Crippen LogP contribution is 2.47. The molecular weight excluding hydrogens is 1170 g/mol. The number of nitriles is 1. The summed E-state index contributed by atoms with van der Waals surface area (Å²) in [6.07, 6.45) is 2.38. The third-order valence-corrected chi connectivity index (χ3v) is 17.6. The highest BCUT2D eigenvalue weighted by atomic mass is 19.4. The Kier molecular flexibility index (Phi) is 13.9. The van der Waals surface area contributed by atoms with E-state index in [1.807, 2.05) is 170 Å². The number of hydrogen-bond donors (Lipinski definition) is 0. The summed E-state index contributed by atoms with van der Waals surface area (Å²) in [5.41, 5.74) is 17.6. The normalized spacial score (nSPS) is 11.5. The highest BCUT2D eigenvalue weighted by molar-refractivity contribution is 6.14. The molecule has 0 fully saturated rings. The van der Waals surface area contributed by atoms with Crippen molar-refractivity contribution in [1.82, 2.24) is 29.1 Å². The van der Waals surface area contributed by atoms with Gasteiger partial charge in [0.1, 0.15) is 11.6 Å². The van der Waals surface area contributed by atoms with E-state index in [-0.39, 0.29) is 16.8 Å². The summed E-state index contributed by atoms with van der Waals surface area (Å²) in [4.78, 5) is 23.2. The van der Waals surface area contributed by atoms with E-state index < -0.39 is 11.7 Å². The van der Waals surface area contributed by atoms with E-state index in [2.05, 4.69) is 92.8 Å². The average molecular weight is 1220 g/mol. The van der Waals surface area contributed by atoms with Crippen molar-refractivity contribution >= 4 is 49.3 Å². The Morgan fingerprint density at radius 2 is 0.638 bits per heavy atom. The average Bonchev–Trinajstić information content (AvgIpc) is 1.55. The molecule has 11 heteroatoms. The second kappa shape index (κ2) is 23.2. The standard InChI is InChI=1S/C83H49F3N8/c1-88-63-43-60(42-62(50-63)83(84,85)86)61-48-77(93-73-34-30-56(64-26-14-38-89-79(64)52-18-6-2-7-19-52)44-68(73)69-45-57(31-35-74(69)93)65-27-15-39-90-80(65)53-20-8-3-9-21-53)72(51-87)78(49-61)94-75-36-32-58(66-28-16-40-91-81(66)54-22-10-4-11-23-54)46-70(75)71-47-59(33-37-76(71)94)67-29-17-41-92-82(67)55-24-12-5-13-25-55/h2-50H. The lowest BCUT2D eigenvalue weighted by molar-refractivity contribution is -0.137. The molecular formula is C83H49F3N8. The minimum Gasteiger partial charge on any atom is -0.308 e. The molecule has 0 atom stereocenters. The minimum atomic E-state index is -4.79. The third-order valence-electron chi connectivity index (χ3n) is 17.6. The van der Waals surface area contributed by atoms with Gasteiger partial charge in [-0.3, -0.25) is 19.9 Å². The Labute approximate surface area is 538 Å². The van der Waals surface area contributed by atoms with Crippen LogP contribution in [0, 0.1) is 17.9 Å². The van der Waals surface area contributed by atoms with Crippen LogP contribution in [0.4, 0.5) is 18.9 Å². The van der Waals surface area contributed by atoms with E-state index in [4.69, 9.17) is 26.5 Å². The molecule has 0 aliphatic heterocycles. The molecule has 10 aromatic carbocycles. The van der Waals surface area contributed by atoms with E-state index in [1.165, 1.54) is 6.07 Å².